The summed E-state index contributed by atoms with van der Waals surface area (Å²) in [5, 5.41) is 4.95. The fourth-order valence-corrected chi connectivity index (χ4v) is 0.943. The SMILES string of the molecule is CNC(=O)OC1(F)CCNC1. The predicted octanol–water partition coefficient (Wildman–Crippen LogP) is 0.00150. The third-order valence-electron chi connectivity index (χ3n) is 1.54. The Morgan fingerprint density at radius 1 is 1.82 bits per heavy atom. The van der Waals surface area contributed by atoms with Crippen LogP contribution in [0.15, 0.2) is 0 Å². The van der Waals surface area contributed by atoms with Crippen molar-refractivity contribution in [2.24, 2.45) is 0 Å². The van der Waals surface area contributed by atoms with E-state index in [0.717, 1.165) is 0 Å². The molecule has 1 saturated heterocycles. The van der Waals surface area contributed by atoms with Crippen molar-refractivity contribution < 1.29 is 13.9 Å². The number of carbonyl (C=O) groups excluding carboxylic acids is 1. The zero-order chi connectivity index (χ0) is 8.32. The molecule has 1 rings (SSSR count). The number of hydrogen-bond donors (Lipinski definition) is 2. The fourth-order valence-electron chi connectivity index (χ4n) is 0.943. The van der Waals surface area contributed by atoms with Crippen LogP contribution in [0.1, 0.15) is 6.42 Å². The molecular weight excluding hydrogens is 151 g/mol. The molecule has 1 heterocycles. The summed E-state index contributed by atoms with van der Waals surface area (Å²) in [6, 6.07) is 0. The van der Waals surface area contributed by atoms with Crippen LogP contribution in [0.2, 0.25) is 0 Å². The number of alkyl carbamates (subject to hydrolysis) is 1. The minimum atomic E-state index is -1.81. The number of amides is 1. The predicted molar refractivity (Wildman–Crippen MR) is 36.9 cm³/mol. The molecule has 0 spiro atoms. The van der Waals surface area contributed by atoms with Gasteiger partial charge in [0, 0.05) is 20.0 Å². The molecule has 1 amide bonds. The van der Waals surface area contributed by atoms with Gasteiger partial charge in [-0.3, -0.25) is 0 Å². The van der Waals surface area contributed by atoms with Gasteiger partial charge in [-0.2, -0.15) is 4.39 Å². The van der Waals surface area contributed by atoms with Crippen molar-refractivity contribution >= 4 is 6.09 Å². The number of rotatable bonds is 1. The summed E-state index contributed by atoms with van der Waals surface area (Å²) in [4.78, 5) is 10.6. The Kier molecular flexibility index (Phi) is 2.28. The van der Waals surface area contributed by atoms with Gasteiger partial charge >= 0.3 is 6.09 Å². The average Bonchev–Trinajstić information content (AvgIpc) is 2.36. The van der Waals surface area contributed by atoms with E-state index in [9.17, 15) is 9.18 Å². The van der Waals surface area contributed by atoms with E-state index in [0.29, 0.717) is 6.54 Å². The first-order valence-electron chi connectivity index (χ1n) is 3.47. The van der Waals surface area contributed by atoms with Crippen LogP contribution in [0.3, 0.4) is 0 Å². The van der Waals surface area contributed by atoms with Crippen molar-refractivity contribution in [3.63, 3.8) is 0 Å². The molecule has 1 aliphatic heterocycles. The molecule has 5 heteroatoms. The van der Waals surface area contributed by atoms with Crippen LogP contribution in [0, 0.1) is 0 Å². The standard InChI is InChI=1S/C6H11FN2O2/c1-8-5(10)11-6(7)2-3-9-4-6/h9H,2-4H2,1H3,(H,8,10). The van der Waals surface area contributed by atoms with Gasteiger partial charge in [-0.05, 0) is 0 Å². The molecule has 0 aromatic heterocycles. The van der Waals surface area contributed by atoms with Crippen molar-refractivity contribution in [1.82, 2.24) is 10.6 Å². The van der Waals surface area contributed by atoms with Gasteiger partial charge < -0.3 is 15.4 Å². The van der Waals surface area contributed by atoms with Crippen LogP contribution < -0.4 is 10.6 Å². The van der Waals surface area contributed by atoms with Gasteiger partial charge in [-0.15, -0.1) is 0 Å². The van der Waals surface area contributed by atoms with Gasteiger partial charge in [0.15, 0.2) is 0 Å². The molecule has 1 aliphatic rings. The third kappa shape index (κ3) is 2.04. The first-order chi connectivity index (χ1) is 5.16. The second-order valence-corrected chi connectivity index (χ2v) is 2.45. The van der Waals surface area contributed by atoms with Crippen LogP contribution in [-0.2, 0) is 4.74 Å². The second-order valence-electron chi connectivity index (χ2n) is 2.45. The van der Waals surface area contributed by atoms with E-state index in [1.165, 1.54) is 7.05 Å². The zero-order valence-electron chi connectivity index (χ0n) is 6.32. The smallest absolute Gasteiger partial charge is 0.409 e. The van der Waals surface area contributed by atoms with E-state index in [1.54, 1.807) is 0 Å². The number of halogens is 1. The molecule has 1 fully saturated rings. The monoisotopic (exact) mass is 162 g/mol. The van der Waals surface area contributed by atoms with Gasteiger partial charge in [0.2, 0.25) is 0 Å². The lowest BCUT2D eigenvalue weighted by Crippen LogP contribution is -2.36. The Morgan fingerprint density at radius 3 is 3.00 bits per heavy atom. The molecule has 0 aromatic carbocycles. The Labute approximate surface area is 64.1 Å². The van der Waals surface area contributed by atoms with E-state index >= 15 is 0 Å². The molecule has 0 aromatic rings. The zero-order valence-corrected chi connectivity index (χ0v) is 6.32. The maximum atomic E-state index is 13.2. The first kappa shape index (κ1) is 8.26. The molecule has 0 saturated carbocycles. The maximum absolute atomic E-state index is 13.2. The third-order valence-corrected chi connectivity index (χ3v) is 1.54. The summed E-state index contributed by atoms with van der Waals surface area (Å²) >= 11 is 0. The average molecular weight is 162 g/mol. The molecule has 0 bridgehead atoms. The van der Waals surface area contributed by atoms with Crippen molar-refractivity contribution in [2.45, 2.75) is 12.3 Å². The van der Waals surface area contributed by atoms with Crippen LogP contribution in [0.25, 0.3) is 0 Å². The Balaban J connectivity index is 2.39. The molecule has 0 radical (unpaired) electrons. The van der Waals surface area contributed by atoms with E-state index in [1.807, 2.05) is 0 Å². The summed E-state index contributed by atoms with van der Waals surface area (Å²) in [6.45, 7) is 0.633. The van der Waals surface area contributed by atoms with Crippen LogP contribution in [0.5, 0.6) is 0 Å². The van der Waals surface area contributed by atoms with Crippen molar-refractivity contribution in [3.05, 3.63) is 0 Å². The molecule has 1 atom stereocenters. The number of hydrogen-bond acceptors (Lipinski definition) is 3. The minimum absolute atomic E-state index is 0.0837. The van der Waals surface area contributed by atoms with E-state index in [4.69, 9.17) is 0 Å². The molecule has 2 N–H and O–H groups in total. The highest BCUT2D eigenvalue weighted by Crippen LogP contribution is 2.20. The molecule has 64 valence electrons. The summed E-state index contributed by atoms with van der Waals surface area (Å²) < 4.78 is 17.7. The number of ether oxygens (including phenoxy) is 1. The molecule has 0 aliphatic carbocycles. The van der Waals surface area contributed by atoms with Crippen molar-refractivity contribution in [2.75, 3.05) is 20.1 Å². The van der Waals surface area contributed by atoms with Crippen molar-refractivity contribution in [3.8, 4) is 0 Å². The van der Waals surface area contributed by atoms with Crippen LogP contribution in [0.4, 0.5) is 9.18 Å². The Morgan fingerprint density at radius 2 is 2.55 bits per heavy atom. The highest BCUT2D eigenvalue weighted by Gasteiger charge is 2.37. The van der Waals surface area contributed by atoms with Crippen LogP contribution >= 0.6 is 0 Å². The van der Waals surface area contributed by atoms with E-state index in [-0.39, 0.29) is 13.0 Å². The maximum Gasteiger partial charge on any atom is 0.409 e. The van der Waals surface area contributed by atoms with Crippen molar-refractivity contribution in [1.29, 1.82) is 0 Å². The summed E-state index contributed by atoms with van der Waals surface area (Å²) in [7, 11) is 1.40. The van der Waals surface area contributed by atoms with Gasteiger partial charge in [-0.1, -0.05) is 0 Å². The van der Waals surface area contributed by atoms with Gasteiger partial charge in [0.1, 0.15) is 0 Å². The molecule has 4 nitrogen and oxygen atoms in total. The number of nitrogens with one attached hydrogen (secondary N) is 2. The Bertz CT molecular complexity index is 157. The molecular formula is C6H11FN2O2. The summed E-state index contributed by atoms with van der Waals surface area (Å²) in [5.41, 5.74) is 0. The quantitative estimate of drug-likeness (QED) is 0.570. The number of carbonyl (C=O) groups is 1. The largest absolute Gasteiger partial charge is 0.411 e. The van der Waals surface area contributed by atoms with Gasteiger partial charge in [0.25, 0.3) is 5.85 Å². The summed E-state index contributed by atoms with van der Waals surface area (Å²) in [5.74, 6) is -1.81. The lowest BCUT2D eigenvalue weighted by atomic mass is 10.3. The normalized spacial score (nSPS) is 30.0. The van der Waals surface area contributed by atoms with E-state index in [2.05, 4.69) is 15.4 Å². The minimum Gasteiger partial charge on any atom is -0.411 e. The van der Waals surface area contributed by atoms with Gasteiger partial charge in [-0.25, -0.2) is 4.79 Å². The molecule has 1 unspecified atom stereocenters. The van der Waals surface area contributed by atoms with Crippen LogP contribution in [-0.4, -0.2) is 32.1 Å². The first-order valence-corrected chi connectivity index (χ1v) is 3.47. The topological polar surface area (TPSA) is 50.4 Å². The molecule has 11 heavy (non-hydrogen) atoms. The number of alkyl halides is 1. The Hall–Kier alpha value is -0.840. The lowest BCUT2D eigenvalue weighted by Gasteiger charge is -2.17. The lowest BCUT2D eigenvalue weighted by molar-refractivity contribution is -0.0770. The fraction of sp³-hybridized carbons (Fsp3) is 0.833. The second kappa shape index (κ2) is 3.04. The van der Waals surface area contributed by atoms with Gasteiger partial charge in [0.05, 0.1) is 6.54 Å². The highest BCUT2D eigenvalue weighted by atomic mass is 19.2. The highest BCUT2D eigenvalue weighted by molar-refractivity contribution is 5.67. The van der Waals surface area contributed by atoms with E-state index < -0.39 is 11.9 Å². The summed E-state index contributed by atoms with van der Waals surface area (Å²) in [6.07, 6.45) is -0.503.